The summed E-state index contributed by atoms with van der Waals surface area (Å²) in [6.45, 7) is 4.70. The number of anilines is 1. The second-order valence-electron chi connectivity index (χ2n) is 8.46. The first-order chi connectivity index (χ1) is 16.5. The molecule has 1 unspecified atom stereocenters. The van der Waals surface area contributed by atoms with E-state index in [0.717, 1.165) is 49.1 Å². The molecule has 2 aromatic heterocycles. The van der Waals surface area contributed by atoms with E-state index in [1.165, 1.54) is 18.2 Å². The molecular weight excluding hydrogens is 457 g/mol. The number of ether oxygens (including phenoxy) is 2. The molecule has 0 bridgehead atoms. The second-order valence-corrected chi connectivity index (χ2v) is 9.47. The topological polar surface area (TPSA) is 71.3 Å². The van der Waals surface area contributed by atoms with Crippen molar-refractivity contribution in [3.63, 3.8) is 0 Å². The number of halogens is 1. The first kappa shape index (κ1) is 22.8. The fraction of sp³-hybridized carbons (Fsp3) is 0.417. The molecule has 1 fully saturated rings. The zero-order valence-electron chi connectivity index (χ0n) is 19.3. The fourth-order valence-corrected chi connectivity index (χ4v) is 4.95. The lowest BCUT2D eigenvalue weighted by molar-refractivity contribution is 0.0985. The van der Waals surface area contributed by atoms with Gasteiger partial charge in [-0.15, -0.1) is 0 Å². The van der Waals surface area contributed by atoms with Gasteiger partial charge >= 0.3 is 0 Å². The second kappa shape index (κ2) is 9.71. The summed E-state index contributed by atoms with van der Waals surface area (Å²) in [6, 6.07) is 6.87. The molecule has 8 nitrogen and oxygen atoms in total. The smallest absolute Gasteiger partial charge is 0.265 e. The number of nitrogens with zero attached hydrogens (tertiary/aromatic N) is 4. The summed E-state index contributed by atoms with van der Waals surface area (Å²) >= 11 is 1.26. The van der Waals surface area contributed by atoms with Gasteiger partial charge in [0, 0.05) is 55.2 Å². The summed E-state index contributed by atoms with van der Waals surface area (Å²) in [5, 5.41) is 4.34. The minimum absolute atomic E-state index is 0.0532. The summed E-state index contributed by atoms with van der Waals surface area (Å²) < 4.78 is 32.8. The minimum atomic E-state index is -0.328. The van der Waals surface area contributed by atoms with Gasteiger partial charge in [0.2, 0.25) is 0 Å². The number of amides is 1. The van der Waals surface area contributed by atoms with Crippen LogP contribution in [0.2, 0.25) is 0 Å². The first-order valence-electron chi connectivity index (χ1n) is 11.6. The Morgan fingerprint density at radius 3 is 3.00 bits per heavy atom. The van der Waals surface area contributed by atoms with Gasteiger partial charge in [-0.2, -0.15) is 5.10 Å². The molecule has 5 rings (SSSR count). The summed E-state index contributed by atoms with van der Waals surface area (Å²) in [4.78, 5) is 15.0. The van der Waals surface area contributed by atoms with Gasteiger partial charge in [0.05, 0.1) is 36.5 Å². The average molecular weight is 486 g/mol. The van der Waals surface area contributed by atoms with E-state index in [0.29, 0.717) is 30.3 Å². The van der Waals surface area contributed by atoms with Crippen molar-refractivity contribution in [2.75, 3.05) is 38.3 Å². The monoisotopic (exact) mass is 485 g/mol. The van der Waals surface area contributed by atoms with E-state index in [4.69, 9.17) is 9.47 Å². The molecule has 34 heavy (non-hydrogen) atoms. The predicted molar refractivity (Wildman–Crippen MR) is 130 cm³/mol. The van der Waals surface area contributed by atoms with Gasteiger partial charge in [0.1, 0.15) is 5.82 Å². The maximum Gasteiger partial charge on any atom is 0.265 e. The lowest BCUT2D eigenvalue weighted by atomic mass is 10.0. The molecule has 2 aliphatic rings. The quantitative estimate of drug-likeness (QED) is 0.524. The van der Waals surface area contributed by atoms with Crippen molar-refractivity contribution in [1.82, 2.24) is 18.6 Å². The van der Waals surface area contributed by atoms with Crippen LogP contribution in [0.15, 0.2) is 36.7 Å². The summed E-state index contributed by atoms with van der Waals surface area (Å²) in [7, 11) is 1.91. The average Bonchev–Trinajstić information content (AvgIpc) is 3.43. The molecule has 10 heteroatoms. The van der Waals surface area contributed by atoms with E-state index in [1.807, 2.05) is 36.6 Å². The van der Waals surface area contributed by atoms with E-state index in [-0.39, 0.29) is 17.8 Å². The highest BCUT2D eigenvalue weighted by atomic mass is 32.2. The zero-order valence-corrected chi connectivity index (χ0v) is 20.1. The van der Waals surface area contributed by atoms with Crippen molar-refractivity contribution in [3.05, 3.63) is 53.6 Å². The maximum atomic E-state index is 14.5. The van der Waals surface area contributed by atoms with Crippen LogP contribution in [0.5, 0.6) is 11.5 Å². The van der Waals surface area contributed by atoms with E-state index >= 15 is 0 Å². The van der Waals surface area contributed by atoms with Crippen molar-refractivity contribution < 1.29 is 18.7 Å². The number of fused-ring (bicyclic) bond motifs is 2. The Morgan fingerprint density at radius 2 is 2.15 bits per heavy atom. The van der Waals surface area contributed by atoms with E-state index in [1.54, 1.807) is 16.8 Å². The Balaban J connectivity index is 1.47. The molecule has 1 saturated heterocycles. The largest absolute Gasteiger partial charge is 0.489 e. The fourth-order valence-electron chi connectivity index (χ4n) is 4.47. The highest BCUT2D eigenvalue weighted by Gasteiger charge is 2.32. The summed E-state index contributed by atoms with van der Waals surface area (Å²) in [6.07, 6.45) is 6.04. The third-order valence-corrected chi connectivity index (χ3v) is 7.12. The highest BCUT2D eigenvalue weighted by molar-refractivity contribution is 7.95. The number of carbonyl (C=O) groups is 1. The number of rotatable bonds is 6. The van der Waals surface area contributed by atoms with Crippen molar-refractivity contribution >= 4 is 29.2 Å². The SMILES string of the molecule is CCN(C)SNC(=O)c1cnn2ccc(N3CCCC3c3cc(F)cc4c3OCCCO4)cc12. The molecule has 180 valence electrons. The van der Waals surface area contributed by atoms with Crippen LogP contribution in [0.1, 0.15) is 48.1 Å². The lowest BCUT2D eigenvalue weighted by Gasteiger charge is -2.29. The molecule has 1 aromatic carbocycles. The van der Waals surface area contributed by atoms with Crippen LogP contribution >= 0.6 is 12.1 Å². The van der Waals surface area contributed by atoms with Gasteiger partial charge in [-0.05, 0) is 38.1 Å². The number of benzene rings is 1. The number of carbonyl (C=O) groups excluding carboxylic acids is 1. The van der Waals surface area contributed by atoms with Crippen LogP contribution in [0.3, 0.4) is 0 Å². The Kier molecular flexibility index (Phi) is 6.51. The van der Waals surface area contributed by atoms with Gasteiger partial charge < -0.3 is 14.4 Å². The molecule has 0 aliphatic carbocycles. The summed E-state index contributed by atoms with van der Waals surface area (Å²) in [5.74, 6) is 0.583. The minimum Gasteiger partial charge on any atom is -0.489 e. The van der Waals surface area contributed by atoms with Gasteiger partial charge in [-0.25, -0.2) is 13.2 Å². The van der Waals surface area contributed by atoms with Gasteiger partial charge in [-0.3, -0.25) is 9.52 Å². The van der Waals surface area contributed by atoms with Crippen LogP contribution < -0.4 is 19.1 Å². The molecule has 4 heterocycles. The van der Waals surface area contributed by atoms with Crippen LogP contribution in [-0.2, 0) is 0 Å². The summed E-state index contributed by atoms with van der Waals surface area (Å²) in [5.41, 5.74) is 2.99. The zero-order chi connectivity index (χ0) is 23.7. The Bertz CT molecular complexity index is 1200. The Morgan fingerprint density at radius 1 is 1.29 bits per heavy atom. The molecule has 1 N–H and O–H groups in total. The van der Waals surface area contributed by atoms with E-state index in [9.17, 15) is 9.18 Å². The third-order valence-electron chi connectivity index (χ3n) is 6.27. The standard InChI is InChI=1S/C24H28FN5O3S/c1-3-28(2)34-27-24(31)19-15-26-30-9-7-17(14-21(19)30)29-8-4-6-20(29)18-12-16(25)13-22-23(18)33-11-5-10-32-22/h7,9,12-15,20H,3-6,8,10-11H2,1-2H3,(H,27,31). The van der Waals surface area contributed by atoms with Crippen molar-refractivity contribution in [2.24, 2.45) is 0 Å². The van der Waals surface area contributed by atoms with Gasteiger partial charge in [-0.1, -0.05) is 6.92 Å². The first-order valence-corrected chi connectivity index (χ1v) is 12.3. The molecular formula is C24H28FN5O3S. The molecule has 0 saturated carbocycles. The molecule has 0 spiro atoms. The number of aromatic nitrogens is 2. The highest BCUT2D eigenvalue weighted by Crippen LogP contribution is 2.45. The third kappa shape index (κ3) is 4.39. The maximum absolute atomic E-state index is 14.5. The van der Waals surface area contributed by atoms with Gasteiger partial charge in [0.25, 0.3) is 5.91 Å². The number of hydrogen-bond acceptors (Lipinski definition) is 7. The van der Waals surface area contributed by atoms with Crippen molar-refractivity contribution in [1.29, 1.82) is 0 Å². The normalized spacial score (nSPS) is 17.9. The van der Waals surface area contributed by atoms with Crippen molar-refractivity contribution in [3.8, 4) is 11.5 Å². The van der Waals surface area contributed by atoms with Gasteiger partial charge in [0.15, 0.2) is 11.5 Å². The number of nitrogens with one attached hydrogen (secondary N) is 1. The molecule has 1 atom stereocenters. The number of hydrogen-bond donors (Lipinski definition) is 1. The van der Waals surface area contributed by atoms with Crippen molar-refractivity contribution in [2.45, 2.75) is 32.2 Å². The number of pyridine rings is 1. The molecule has 1 amide bonds. The predicted octanol–water partition coefficient (Wildman–Crippen LogP) is 4.22. The Hall–Kier alpha value is -2.98. The van der Waals surface area contributed by atoms with Crippen LogP contribution in [-0.4, -0.2) is 53.2 Å². The lowest BCUT2D eigenvalue weighted by Crippen LogP contribution is -2.24. The van der Waals surface area contributed by atoms with Crippen LogP contribution in [0.4, 0.5) is 10.1 Å². The van der Waals surface area contributed by atoms with Crippen LogP contribution in [0.25, 0.3) is 5.52 Å². The van der Waals surface area contributed by atoms with E-state index < -0.39 is 0 Å². The molecule has 0 radical (unpaired) electrons. The molecule has 2 aliphatic heterocycles. The van der Waals surface area contributed by atoms with Crippen LogP contribution in [0, 0.1) is 5.82 Å². The van der Waals surface area contributed by atoms with E-state index in [2.05, 4.69) is 14.7 Å². The molecule has 3 aromatic rings. The Labute approximate surface area is 202 Å².